The number of hydrogen-bond donors (Lipinski definition) is 1. The topological polar surface area (TPSA) is 76.2 Å². The number of aromatic nitrogens is 1. The van der Waals surface area contributed by atoms with Gasteiger partial charge in [-0.15, -0.1) is 0 Å². The van der Waals surface area contributed by atoms with Crippen molar-refractivity contribution in [3.8, 4) is 0 Å². The minimum absolute atomic E-state index is 0.0975. The van der Waals surface area contributed by atoms with Gasteiger partial charge in [0.05, 0.1) is 12.1 Å². The van der Waals surface area contributed by atoms with E-state index in [4.69, 9.17) is 4.74 Å². The van der Waals surface area contributed by atoms with Crippen LogP contribution in [0.2, 0.25) is 0 Å². The lowest BCUT2D eigenvalue weighted by Gasteiger charge is -2.03. The molecule has 0 aliphatic heterocycles. The van der Waals surface area contributed by atoms with Gasteiger partial charge in [0.15, 0.2) is 12.4 Å². The Bertz CT molecular complexity index is 713. The van der Waals surface area contributed by atoms with Gasteiger partial charge in [0.25, 0.3) is 0 Å². The molecule has 0 bridgehead atoms. The van der Waals surface area contributed by atoms with Gasteiger partial charge in [0.2, 0.25) is 5.78 Å². The highest BCUT2D eigenvalue weighted by atomic mass is 32.1. The van der Waals surface area contributed by atoms with Crippen LogP contribution >= 0.6 is 11.3 Å². The van der Waals surface area contributed by atoms with Gasteiger partial charge in [-0.1, -0.05) is 0 Å². The van der Waals surface area contributed by atoms with Crippen molar-refractivity contribution in [1.29, 1.82) is 0 Å². The van der Waals surface area contributed by atoms with Crippen LogP contribution in [0.1, 0.15) is 44.6 Å². The van der Waals surface area contributed by atoms with E-state index in [1.54, 1.807) is 13.8 Å². The van der Waals surface area contributed by atoms with Crippen molar-refractivity contribution in [3.63, 3.8) is 0 Å². The summed E-state index contributed by atoms with van der Waals surface area (Å²) in [7, 11) is 0. The number of ketones is 2. The summed E-state index contributed by atoms with van der Waals surface area (Å²) >= 11 is 1.50. The lowest BCUT2D eigenvalue weighted by molar-refractivity contribution is -0.141. The number of Topliss-reactive ketones (excluding diaryl/α,β-unsaturated/α-hetero) is 2. The molecule has 0 spiro atoms. The smallest absolute Gasteiger partial charge is 0.310 e. The second kappa shape index (κ2) is 6.70. The first-order valence-corrected chi connectivity index (χ1v) is 7.74. The van der Waals surface area contributed by atoms with Crippen molar-refractivity contribution in [2.75, 3.05) is 6.61 Å². The van der Waals surface area contributed by atoms with E-state index in [0.29, 0.717) is 22.5 Å². The molecule has 0 saturated carbocycles. The van der Waals surface area contributed by atoms with E-state index >= 15 is 0 Å². The number of rotatable bonds is 6. The van der Waals surface area contributed by atoms with Gasteiger partial charge in [0, 0.05) is 11.3 Å². The number of carbonyl (C=O) groups is 3. The van der Waals surface area contributed by atoms with Crippen molar-refractivity contribution in [3.05, 3.63) is 44.9 Å². The average molecular weight is 319 g/mol. The summed E-state index contributed by atoms with van der Waals surface area (Å²) in [4.78, 5) is 38.3. The zero-order valence-electron chi connectivity index (χ0n) is 12.7. The number of ether oxygens (including phenoxy) is 1. The Morgan fingerprint density at radius 2 is 2.00 bits per heavy atom. The fourth-order valence-corrected chi connectivity index (χ4v) is 3.05. The highest BCUT2D eigenvalue weighted by Gasteiger charge is 2.20. The first-order valence-electron chi connectivity index (χ1n) is 6.80. The number of esters is 1. The lowest BCUT2D eigenvalue weighted by atomic mass is 10.1. The predicted octanol–water partition coefficient (Wildman–Crippen LogP) is 2.86. The first kappa shape index (κ1) is 16.2. The number of carbonyl (C=O) groups excluding carboxylic acids is 3. The fourth-order valence-electron chi connectivity index (χ4n) is 2.39. The molecule has 0 aliphatic rings. The van der Waals surface area contributed by atoms with Crippen LogP contribution < -0.4 is 0 Å². The van der Waals surface area contributed by atoms with Crippen molar-refractivity contribution in [2.24, 2.45) is 0 Å². The number of hydrogen-bond acceptors (Lipinski definition) is 5. The Morgan fingerprint density at radius 1 is 1.27 bits per heavy atom. The van der Waals surface area contributed by atoms with Gasteiger partial charge in [0.1, 0.15) is 0 Å². The maximum absolute atomic E-state index is 12.1. The lowest BCUT2D eigenvalue weighted by Crippen LogP contribution is -2.16. The molecule has 2 heterocycles. The molecule has 0 saturated heterocycles. The summed E-state index contributed by atoms with van der Waals surface area (Å²) in [5, 5.41) is 3.74. The molecule has 0 unspecified atom stereocenters. The second-order valence-corrected chi connectivity index (χ2v) is 5.85. The predicted molar refractivity (Wildman–Crippen MR) is 83.6 cm³/mol. The fraction of sp³-hybridized carbons (Fsp3) is 0.312. The maximum Gasteiger partial charge on any atom is 0.310 e. The Hall–Kier alpha value is -2.21. The summed E-state index contributed by atoms with van der Waals surface area (Å²) in [5.74, 6) is -0.883. The number of nitrogens with one attached hydrogen (secondary N) is 1. The third-order valence-electron chi connectivity index (χ3n) is 3.36. The standard InChI is InChI=1S/C16H17NO4S/c1-9-15(11(3)18)10(2)17-16(9)13(19)7-21-14(20)6-12-4-5-22-8-12/h4-5,8,17H,6-7H2,1-3H3. The monoisotopic (exact) mass is 319 g/mol. The van der Waals surface area contributed by atoms with Crippen LogP contribution in [0.15, 0.2) is 16.8 Å². The Labute approximate surface area is 132 Å². The van der Waals surface area contributed by atoms with Gasteiger partial charge in [-0.3, -0.25) is 14.4 Å². The van der Waals surface area contributed by atoms with E-state index in [2.05, 4.69) is 4.98 Å². The summed E-state index contributed by atoms with van der Waals surface area (Å²) < 4.78 is 5.01. The van der Waals surface area contributed by atoms with Crippen LogP contribution in [0.5, 0.6) is 0 Å². The Morgan fingerprint density at radius 3 is 2.55 bits per heavy atom. The quantitative estimate of drug-likeness (QED) is 0.656. The largest absolute Gasteiger partial charge is 0.457 e. The highest BCUT2D eigenvalue weighted by Crippen LogP contribution is 2.19. The summed E-state index contributed by atoms with van der Waals surface area (Å²) in [6.07, 6.45) is 0.151. The van der Waals surface area contributed by atoms with Gasteiger partial charge in [-0.25, -0.2) is 0 Å². The molecule has 2 aromatic rings. The van der Waals surface area contributed by atoms with E-state index in [-0.39, 0.29) is 24.6 Å². The molecular formula is C16H17NO4S. The van der Waals surface area contributed by atoms with Gasteiger partial charge in [-0.2, -0.15) is 11.3 Å². The van der Waals surface area contributed by atoms with Crippen LogP contribution in [0.25, 0.3) is 0 Å². The molecule has 0 radical (unpaired) electrons. The molecule has 22 heavy (non-hydrogen) atoms. The number of aryl methyl sites for hydroxylation is 1. The molecule has 0 amide bonds. The zero-order valence-corrected chi connectivity index (χ0v) is 13.5. The van der Waals surface area contributed by atoms with Crippen molar-refractivity contribution in [1.82, 2.24) is 4.98 Å². The van der Waals surface area contributed by atoms with Crippen LogP contribution in [0, 0.1) is 13.8 Å². The molecule has 0 atom stereocenters. The minimum atomic E-state index is -0.445. The Kier molecular flexibility index (Phi) is 4.92. The molecular weight excluding hydrogens is 302 g/mol. The van der Waals surface area contributed by atoms with Crippen molar-refractivity contribution < 1.29 is 19.1 Å². The maximum atomic E-state index is 12.1. The first-order chi connectivity index (χ1) is 10.4. The molecule has 5 nitrogen and oxygen atoms in total. The number of H-pyrrole nitrogens is 1. The van der Waals surface area contributed by atoms with Gasteiger partial charge < -0.3 is 9.72 Å². The SMILES string of the molecule is CC(=O)c1c(C)[nH]c(C(=O)COC(=O)Cc2ccsc2)c1C. The third-order valence-corrected chi connectivity index (χ3v) is 4.09. The zero-order chi connectivity index (χ0) is 16.3. The molecule has 0 aliphatic carbocycles. The average Bonchev–Trinajstić information content (AvgIpc) is 3.04. The normalized spacial score (nSPS) is 10.5. The molecule has 0 fully saturated rings. The summed E-state index contributed by atoms with van der Waals surface area (Å²) in [6.45, 7) is 4.57. The minimum Gasteiger partial charge on any atom is -0.457 e. The van der Waals surface area contributed by atoms with Crippen LogP contribution in [-0.2, 0) is 16.0 Å². The van der Waals surface area contributed by atoms with E-state index in [1.807, 2.05) is 16.8 Å². The number of thiophene rings is 1. The molecule has 116 valence electrons. The van der Waals surface area contributed by atoms with E-state index < -0.39 is 5.97 Å². The molecule has 1 N–H and O–H groups in total. The molecule has 2 aromatic heterocycles. The molecule has 0 aromatic carbocycles. The van der Waals surface area contributed by atoms with Crippen LogP contribution in [-0.4, -0.2) is 29.1 Å². The second-order valence-electron chi connectivity index (χ2n) is 5.07. The highest BCUT2D eigenvalue weighted by molar-refractivity contribution is 7.07. The van der Waals surface area contributed by atoms with Crippen molar-refractivity contribution in [2.45, 2.75) is 27.2 Å². The number of aromatic amines is 1. The molecule has 2 rings (SSSR count). The summed E-state index contributed by atoms with van der Waals surface area (Å²) in [6, 6.07) is 1.84. The van der Waals surface area contributed by atoms with Gasteiger partial charge in [-0.05, 0) is 48.7 Å². The van der Waals surface area contributed by atoms with Crippen LogP contribution in [0.4, 0.5) is 0 Å². The van der Waals surface area contributed by atoms with E-state index in [0.717, 1.165) is 5.56 Å². The third kappa shape index (κ3) is 3.51. The van der Waals surface area contributed by atoms with Gasteiger partial charge >= 0.3 is 5.97 Å². The summed E-state index contributed by atoms with van der Waals surface area (Å²) in [5.41, 5.74) is 2.97. The van der Waals surface area contributed by atoms with Crippen LogP contribution in [0.3, 0.4) is 0 Å². The van der Waals surface area contributed by atoms with Crippen molar-refractivity contribution >= 4 is 28.9 Å². The van der Waals surface area contributed by atoms with E-state index in [1.165, 1.54) is 18.3 Å². The molecule has 6 heteroatoms. The van der Waals surface area contributed by atoms with E-state index in [9.17, 15) is 14.4 Å². The Balaban J connectivity index is 1.99.